The van der Waals surface area contributed by atoms with Crippen molar-refractivity contribution in [2.75, 3.05) is 12.4 Å². The predicted octanol–water partition coefficient (Wildman–Crippen LogP) is 0.860. The zero-order valence-electron chi connectivity index (χ0n) is 10.6. The van der Waals surface area contributed by atoms with Gasteiger partial charge in [0.1, 0.15) is 6.61 Å². The van der Waals surface area contributed by atoms with E-state index in [1.54, 1.807) is 0 Å². The summed E-state index contributed by atoms with van der Waals surface area (Å²) in [6.45, 7) is 0.144. The molecule has 19 heavy (non-hydrogen) atoms. The van der Waals surface area contributed by atoms with Crippen molar-refractivity contribution in [3.63, 3.8) is 0 Å². The normalized spacial score (nSPS) is 14.8. The Labute approximate surface area is 113 Å². The van der Waals surface area contributed by atoms with Gasteiger partial charge < -0.3 is 5.11 Å². The molecule has 1 saturated carbocycles. The number of sulfonamides is 1. The van der Waals surface area contributed by atoms with Gasteiger partial charge in [0.15, 0.2) is 0 Å². The molecule has 0 amide bonds. The lowest BCUT2D eigenvalue weighted by molar-refractivity contribution is 0.350. The Bertz CT molecular complexity index is 577. The van der Waals surface area contributed by atoms with Crippen molar-refractivity contribution in [3.8, 4) is 11.8 Å². The van der Waals surface area contributed by atoms with Crippen LogP contribution in [0.2, 0.25) is 0 Å². The van der Waals surface area contributed by atoms with Crippen LogP contribution in [0.5, 0.6) is 0 Å². The highest BCUT2D eigenvalue weighted by atomic mass is 32.2. The molecule has 1 aromatic rings. The maximum absolute atomic E-state index is 11.7. The number of aliphatic hydroxyl groups is 1. The lowest BCUT2D eigenvalue weighted by Crippen LogP contribution is -2.26. The lowest BCUT2D eigenvalue weighted by Gasteiger charge is -2.06. The summed E-state index contributed by atoms with van der Waals surface area (Å²) < 4.78 is 26.0. The first-order chi connectivity index (χ1) is 9.09. The SMILES string of the molecule is O=S(=O)(CC1CC1)NCc1ccc(C#CCO)cc1. The summed E-state index contributed by atoms with van der Waals surface area (Å²) in [6, 6.07) is 7.29. The molecule has 0 aliphatic heterocycles. The second kappa shape index (κ2) is 6.20. The van der Waals surface area contributed by atoms with Crippen LogP contribution in [0.1, 0.15) is 24.0 Å². The van der Waals surface area contributed by atoms with E-state index in [-0.39, 0.29) is 12.4 Å². The van der Waals surface area contributed by atoms with E-state index in [1.165, 1.54) is 0 Å². The van der Waals surface area contributed by atoms with Crippen molar-refractivity contribution < 1.29 is 13.5 Å². The van der Waals surface area contributed by atoms with Gasteiger partial charge in [-0.25, -0.2) is 13.1 Å². The fraction of sp³-hybridized carbons (Fsp3) is 0.429. The van der Waals surface area contributed by atoms with Gasteiger partial charge in [0.05, 0.1) is 5.75 Å². The van der Waals surface area contributed by atoms with Gasteiger partial charge in [0.25, 0.3) is 0 Å². The standard InChI is InChI=1S/C14H17NO3S/c16-9-1-2-12-3-5-13(6-4-12)10-15-19(17,18)11-14-7-8-14/h3-6,14-16H,7-11H2. The molecule has 1 aromatic carbocycles. The van der Waals surface area contributed by atoms with E-state index in [2.05, 4.69) is 16.6 Å². The van der Waals surface area contributed by atoms with Gasteiger partial charge >= 0.3 is 0 Å². The Morgan fingerprint density at radius 2 is 1.95 bits per heavy atom. The van der Waals surface area contributed by atoms with Crippen LogP contribution in [0.15, 0.2) is 24.3 Å². The van der Waals surface area contributed by atoms with Crippen molar-refractivity contribution in [3.05, 3.63) is 35.4 Å². The van der Waals surface area contributed by atoms with Crippen molar-refractivity contribution in [1.29, 1.82) is 0 Å². The van der Waals surface area contributed by atoms with Crippen molar-refractivity contribution in [2.45, 2.75) is 19.4 Å². The summed E-state index contributed by atoms with van der Waals surface area (Å²) in [7, 11) is -3.15. The van der Waals surface area contributed by atoms with E-state index in [9.17, 15) is 8.42 Å². The third-order valence-corrected chi connectivity index (χ3v) is 4.41. The van der Waals surface area contributed by atoms with Crippen LogP contribution < -0.4 is 4.72 Å². The highest BCUT2D eigenvalue weighted by Crippen LogP contribution is 2.29. The molecule has 4 nitrogen and oxygen atoms in total. The topological polar surface area (TPSA) is 66.4 Å². The Morgan fingerprint density at radius 3 is 2.53 bits per heavy atom. The monoisotopic (exact) mass is 279 g/mol. The first-order valence-electron chi connectivity index (χ1n) is 6.25. The fourth-order valence-corrected chi connectivity index (χ4v) is 3.15. The number of rotatable bonds is 5. The van der Waals surface area contributed by atoms with Crippen LogP contribution in [-0.4, -0.2) is 25.9 Å². The van der Waals surface area contributed by atoms with Crippen LogP contribution in [0, 0.1) is 17.8 Å². The number of hydrogen-bond donors (Lipinski definition) is 2. The maximum Gasteiger partial charge on any atom is 0.212 e. The highest BCUT2D eigenvalue weighted by Gasteiger charge is 2.27. The van der Waals surface area contributed by atoms with Crippen LogP contribution in [-0.2, 0) is 16.6 Å². The number of nitrogens with one attached hydrogen (secondary N) is 1. The Balaban J connectivity index is 1.88. The Kier molecular flexibility index (Phi) is 4.59. The fourth-order valence-electron chi connectivity index (χ4n) is 1.69. The molecule has 2 rings (SSSR count). The molecule has 0 heterocycles. The molecule has 0 saturated heterocycles. The number of hydrogen-bond acceptors (Lipinski definition) is 3. The van der Waals surface area contributed by atoms with Gasteiger partial charge in [-0.2, -0.15) is 0 Å². The second-order valence-electron chi connectivity index (χ2n) is 4.70. The molecular formula is C14H17NO3S. The quantitative estimate of drug-likeness (QED) is 0.786. The molecule has 102 valence electrons. The minimum atomic E-state index is -3.15. The average Bonchev–Trinajstić information content (AvgIpc) is 3.18. The van der Waals surface area contributed by atoms with Gasteiger partial charge in [-0.15, -0.1) is 0 Å². The molecule has 1 aliphatic rings. The Hall–Kier alpha value is -1.35. The molecular weight excluding hydrogens is 262 g/mol. The van der Waals surface area contributed by atoms with Crippen molar-refractivity contribution >= 4 is 10.0 Å². The van der Waals surface area contributed by atoms with E-state index in [1.807, 2.05) is 24.3 Å². The van der Waals surface area contributed by atoms with Crippen molar-refractivity contribution in [2.24, 2.45) is 5.92 Å². The molecule has 1 fully saturated rings. The summed E-state index contributed by atoms with van der Waals surface area (Å²) in [5.41, 5.74) is 1.70. The van der Waals surface area contributed by atoms with Gasteiger partial charge in [0, 0.05) is 12.1 Å². The molecule has 5 heteroatoms. The van der Waals surface area contributed by atoms with Gasteiger partial charge in [-0.05, 0) is 36.5 Å². The lowest BCUT2D eigenvalue weighted by atomic mass is 10.1. The van der Waals surface area contributed by atoms with Gasteiger partial charge in [0.2, 0.25) is 10.0 Å². The first kappa shape index (κ1) is 14.1. The third-order valence-electron chi connectivity index (χ3n) is 2.91. The molecule has 0 aromatic heterocycles. The van der Waals surface area contributed by atoms with Crippen LogP contribution in [0.3, 0.4) is 0 Å². The molecule has 0 unspecified atom stereocenters. The summed E-state index contributed by atoms with van der Waals surface area (Å²) >= 11 is 0. The zero-order chi connectivity index (χ0) is 13.7. The summed E-state index contributed by atoms with van der Waals surface area (Å²) in [5, 5.41) is 8.58. The highest BCUT2D eigenvalue weighted by molar-refractivity contribution is 7.89. The second-order valence-corrected chi connectivity index (χ2v) is 6.55. The largest absolute Gasteiger partial charge is 0.384 e. The zero-order valence-corrected chi connectivity index (χ0v) is 11.4. The summed E-state index contributed by atoms with van der Waals surface area (Å²) in [4.78, 5) is 0. The molecule has 0 spiro atoms. The van der Waals surface area contributed by atoms with E-state index in [4.69, 9.17) is 5.11 Å². The van der Waals surface area contributed by atoms with Crippen LogP contribution in [0.4, 0.5) is 0 Å². The first-order valence-corrected chi connectivity index (χ1v) is 7.90. The molecule has 0 atom stereocenters. The predicted molar refractivity (Wildman–Crippen MR) is 73.8 cm³/mol. The van der Waals surface area contributed by atoms with E-state index < -0.39 is 10.0 Å². The van der Waals surface area contributed by atoms with Crippen molar-refractivity contribution in [1.82, 2.24) is 4.72 Å². The van der Waals surface area contributed by atoms with Gasteiger partial charge in [-0.1, -0.05) is 24.0 Å². The average molecular weight is 279 g/mol. The van der Waals surface area contributed by atoms with E-state index >= 15 is 0 Å². The summed E-state index contributed by atoms with van der Waals surface area (Å²) in [5.74, 6) is 5.95. The molecule has 0 radical (unpaired) electrons. The minimum absolute atomic E-state index is 0.164. The number of aliphatic hydroxyl groups excluding tert-OH is 1. The van der Waals surface area contributed by atoms with Crippen LogP contribution in [0.25, 0.3) is 0 Å². The van der Waals surface area contributed by atoms with Crippen LogP contribution >= 0.6 is 0 Å². The summed E-state index contributed by atoms with van der Waals surface area (Å²) in [6.07, 6.45) is 2.05. The molecule has 2 N–H and O–H groups in total. The molecule has 1 aliphatic carbocycles. The third kappa shape index (κ3) is 5.03. The van der Waals surface area contributed by atoms with E-state index in [0.29, 0.717) is 12.5 Å². The minimum Gasteiger partial charge on any atom is -0.384 e. The maximum atomic E-state index is 11.7. The van der Waals surface area contributed by atoms with E-state index in [0.717, 1.165) is 24.0 Å². The molecule has 0 bridgehead atoms. The van der Waals surface area contributed by atoms with Gasteiger partial charge in [-0.3, -0.25) is 0 Å². The Morgan fingerprint density at radius 1 is 1.26 bits per heavy atom. The smallest absolute Gasteiger partial charge is 0.212 e. The number of benzene rings is 1.